The van der Waals surface area contributed by atoms with Gasteiger partial charge in [0.05, 0.1) is 21.2 Å². The van der Waals surface area contributed by atoms with Crippen molar-refractivity contribution >= 4 is 29.0 Å². The highest BCUT2D eigenvalue weighted by molar-refractivity contribution is 6.39. The van der Waals surface area contributed by atoms with Gasteiger partial charge in [0.15, 0.2) is 5.78 Å². The molecule has 1 rings (SSSR count). The predicted molar refractivity (Wildman–Crippen MR) is 71.1 cm³/mol. The van der Waals surface area contributed by atoms with Crippen LogP contribution in [-0.2, 0) is 4.74 Å². The molecule has 0 aliphatic heterocycles. The van der Waals surface area contributed by atoms with Crippen molar-refractivity contribution in [2.24, 2.45) is 0 Å². The molecule has 0 aromatic heterocycles. The van der Waals surface area contributed by atoms with Gasteiger partial charge >= 0.3 is 0 Å². The highest BCUT2D eigenvalue weighted by Crippen LogP contribution is 2.27. The van der Waals surface area contributed by atoms with Crippen molar-refractivity contribution in [3.63, 3.8) is 0 Å². The van der Waals surface area contributed by atoms with Gasteiger partial charge in [-0.1, -0.05) is 29.3 Å². The fraction of sp³-hybridized carbons (Fsp3) is 0.462. The highest BCUT2D eigenvalue weighted by atomic mass is 35.5. The summed E-state index contributed by atoms with van der Waals surface area (Å²) in [6.07, 6.45) is 0.994. The average molecular weight is 275 g/mol. The molecule has 4 heteroatoms. The Balaban J connectivity index is 2.78. The maximum absolute atomic E-state index is 12.0. The second-order valence-corrected chi connectivity index (χ2v) is 5.30. The van der Waals surface area contributed by atoms with Crippen molar-refractivity contribution in [2.45, 2.75) is 32.3 Å². The number of halogens is 2. The molecule has 0 heterocycles. The van der Waals surface area contributed by atoms with Gasteiger partial charge < -0.3 is 4.74 Å². The molecule has 0 N–H and O–H groups in total. The first kappa shape index (κ1) is 14.5. The number of hydrogen-bond donors (Lipinski definition) is 0. The molecule has 17 heavy (non-hydrogen) atoms. The van der Waals surface area contributed by atoms with Crippen molar-refractivity contribution in [3.8, 4) is 0 Å². The number of Topliss-reactive ketones (excluding diaryl/α,β-unsaturated/α-hetero) is 1. The van der Waals surface area contributed by atoms with Gasteiger partial charge in [-0.2, -0.15) is 0 Å². The fourth-order valence-electron chi connectivity index (χ4n) is 1.41. The van der Waals surface area contributed by atoms with Crippen LogP contribution in [0, 0.1) is 0 Å². The molecule has 0 saturated carbocycles. The third-order valence-electron chi connectivity index (χ3n) is 2.75. The van der Waals surface area contributed by atoms with Gasteiger partial charge in [0.2, 0.25) is 0 Å². The van der Waals surface area contributed by atoms with E-state index in [1.165, 1.54) is 0 Å². The van der Waals surface area contributed by atoms with Gasteiger partial charge in [0.1, 0.15) is 0 Å². The summed E-state index contributed by atoms with van der Waals surface area (Å²) < 4.78 is 5.27. The van der Waals surface area contributed by atoms with Crippen LogP contribution in [-0.4, -0.2) is 18.5 Å². The Bertz CT molecular complexity index is 394. The second kappa shape index (κ2) is 5.85. The van der Waals surface area contributed by atoms with E-state index in [-0.39, 0.29) is 11.4 Å². The topological polar surface area (TPSA) is 26.3 Å². The van der Waals surface area contributed by atoms with Crippen LogP contribution in [0.3, 0.4) is 0 Å². The van der Waals surface area contributed by atoms with E-state index in [2.05, 4.69) is 0 Å². The molecule has 94 valence electrons. The Kier molecular flexibility index (Phi) is 4.99. The van der Waals surface area contributed by atoms with Crippen molar-refractivity contribution < 1.29 is 9.53 Å². The van der Waals surface area contributed by atoms with Crippen molar-refractivity contribution in [2.75, 3.05) is 7.11 Å². The number of carbonyl (C=O) groups excluding carboxylic acids is 1. The van der Waals surface area contributed by atoms with Crippen LogP contribution >= 0.6 is 23.2 Å². The Morgan fingerprint density at radius 2 is 1.82 bits per heavy atom. The lowest BCUT2D eigenvalue weighted by atomic mass is 9.98. The standard InChI is InChI=1S/C13H16Cl2O2/c1-13(2,17-3)8-7-11(16)12-9(14)5-4-6-10(12)15/h4-6H,7-8H2,1-3H3. The summed E-state index contributed by atoms with van der Waals surface area (Å²) in [5.41, 5.74) is 0.0892. The molecular weight excluding hydrogens is 259 g/mol. The van der Waals surface area contributed by atoms with E-state index in [0.29, 0.717) is 28.5 Å². The molecule has 0 spiro atoms. The maximum atomic E-state index is 12.0. The van der Waals surface area contributed by atoms with Crippen LogP contribution in [0.25, 0.3) is 0 Å². The molecule has 1 aromatic carbocycles. The second-order valence-electron chi connectivity index (χ2n) is 4.48. The Labute approximate surface area is 112 Å². The van der Waals surface area contributed by atoms with E-state index in [1.807, 2.05) is 13.8 Å². The molecule has 0 saturated heterocycles. The van der Waals surface area contributed by atoms with E-state index in [1.54, 1.807) is 25.3 Å². The first-order valence-corrected chi connectivity index (χ1v) is 6.15. The maximum Gasteiger partial charge on any atom is 0.165 e. The summed E-state index contributed by atoms with van der Waals surface area (Å²) >= 11 is 11.9. The quantitative estimate of drug-likeness (QED) is 0.745. The molecule has 0 amide bonds. The smallest absolute Gasteiger partial charge is 0.165 e. The van der Waals surface area contributed by atoms with Gasteiger partial charge in [-0.25, -0.2) is 0 Å². The number of hydrogen-bond acceptors (Lipinski definition) is 2. The zero-order valence-corrected chi connectivity index (χ0v) is 11.7. The Hall–Kier alpha value is -0.570. The summed E-state index contributed by atoms with van der Waals surface area (Å²) in [6, 6.07) is 5.06. The van der Waals surface area contributed by atoms with E-state index >= 15 is 0 Å². The largest absolute Gasteiger partial charge is 0.379 e. The molecule has 2 nitrogen and oxygen atoms in total. The van der Waals surface area contributed by atoms with Gasteiger partial charge in [0.25, 0.3) is 0 Å². The van der Waals surface area contributed by atoms with E-state index in [0.717, 1.165) is 0 Å². The summed E-state index contributed by atoms with van der Waals surface area (Å²) in [7, 11) is 1.63. The van der Waals surface area contributed by atoms with Gasteiger partial charge in [-0.3, -0.25) is 4.79 Å². The summed E-state index contributed by atoms with van der Waals surface area (Å²) in [4.78, 5) is 12.0. The first-order valence-electron chi connectivity index (χ1n) is 5.40. The monoisotopic (exact) mass is 274 g/mol. The minimum absolute atomic E-state index is 0.0503. The lowest BCUT2D eigenvalue weighted by molar-refractivity contribution is 0.0141. The minimum atomic E-state index is -0.316. The van der Waals surface area contributed by atoms with Crippen LogP contribution in [0.2, 0.25) is 10.0 Å². The number of ether oxygens (including phenoxy) is 1. The number of ketones is 1. The Morgan fingerprint density at radius 1 is 1.29 bits per heavy atom. The number of carbonyl (C=O) groups is 1. The molecule has 0 fully saturated rings. The number of benzene rings is 1. The normalized spacial score (nSPS) is 11.6. The average Bonchev–Trinajstić information content (AvgIpc) is 2.26. The van der Waals surface area contributed by atoms with E-state index in [4.69, 9.17) is 27.9 Å². The lowest BCUT2D eigenvalue weighted by Gasteiger charge is -2.22. The molecule has 0 aliphatic rings. The molecule has 0 bridgehead atoms. The fourth-order valence-corrected chi connectivity index (χ4v) is 2.01. The molecule has 0 atom stereocenters. The molecule has 0 aliphatic carbocycles. The van der Waals surface area contributed by atoms with Crippen molar-refractivity contribution in [1.82, 2.24) is 0 Å². The third kappa shape index (κ3) is 3.98. The minimum Gasteiger partial charge on any atom is -0.379 e. The molecule has 0 unspecified atom stereocenters. The zero-order chi connectivity index (χ0) is 13.1. The van der Waals surface area contributed by atoms with Crippen molar-refractivity contribution in [1.29, 1.82) is 0 Å². The summed E-state index contributed by atoms with van der Waals surface area (Å²) in [6.45, 7) is 3.88. The number of methoxy groups -OCH3 is 1. The Morgan fingerprint density at radius 3 is 2.29 bits per heavy atom. The highest BCUT2D eigenvalue weighted by Gasteiger charge is 2.21. The third-order valence-corrected chi connectivity index (χ3v) is 3.38. The zero-order valence-electron chi connectivity index (χ0n) is 10.2. The van der Waals surface area contributed by atoms with Gasteiger partial charge in [-0.15, -0.1) is 0 Å². The molecule has 0 radical (unpaired) electrons. The van der Waals surface area contributed by atoms with E-state index < -0.39 is 0 Å². The van der Waals surface area contributed by atoms with Crippen LogP contribution in [0.1, 0.15) is 37.0 Å². The molecule has 1 aromatic rings. The van der Waals surface area contributed by atoms with Crippen LogP contribution < -0.4 is 0 Å². The van der Waals surface area contributed by atoms with E-state index in [9.17, 15) is 4.79 Å². The summed E-state index contributed by atoms with van der Waals surface area (Å²) in [5.74, 6) is -0.0503. The van der Waals surface area contributed by atoms with Crippen LogP contribution in [0.15, 0.2) is 18.2 Å². The first-order chi connectivity index (χ1) is 7.87. The van der Waals surface area contributed by atoms with Crippen molar-refractivity contribution in [3.05, 3.63) is 33.8 Å². The van der Waals surface area contributed by atoms with Gasteiger partial charge in [-0.05, 0) is 32.4 Å². The number of rotatable bonds is 5. The van der Waals surface area contributed by atoms with Crippen LogP contribution in [0.5, 0.6) is 0 Å². The molecular formula is C13H16Cl2O2. The van der Waals surface area contributed by atoms with Gasteiger partial charge in [0, 0.05) is 13.5 Å². The lowest BCUT2D eigenvalue weighted by Crippen LogP contribution is -2.23. The predicted octanol–water partition coefficient (Wildman–Crippen LogP) is 4.38. The SMILES string of the molecule is COC(C)(C)CCC(=O)c1c(Cl)cccc1Cl. The summed E-state index contributed by atoms with van der Waals surface area (Å²) in [5, 5.41) is 0.801. The van der Waals surface area contributed by atoms with Crippen LogP contribution in [0.4, 0.5) is 0 Å².